The van der Waals surface area contributed by atoms with Gasteiger partial charge in [-0.05, 0) is 61.7 Å². The molecule has 0 saturated carbocycles. The number of carbonyl (C=O) groups excluding carboxylic acids is 1. The zero-order valence-corrected chi connectivity index (χ0v) is 18.3. The third-order valence-corrected chi connectivity index (χ3v) is 7.39. The Balaban J connectivity index is 1.73. The number of anilines is 1. The van der Waals surface area contributed by atoms with Crippen molar-refractivity contribution >= 4 is 33.0 Å². The topological polar surface area (TPSA) is 81.1 Å². The first kappa shape index (κ1) is 20.6. The van der Waals surface area contributed by atoms with Crippen LogP contribution < -0.4 is 5.32 Å². The van der Waals surface area contributed by atoms with Crippen LogP contribution in [0.2, 0.25) is 5.02 Å². The van der Waals surface area contributed by atoms with Gasteiger partial charge in [-0.3, -0.25) is 9.48 Å². The first-order valence-corrected chi connectivity index (χ1v) is 11.9. The Bertz CT molecular complexity index is 1230. The van der Waals surface area contributed by atoms with E-state index >= 15 is 0 Å². The summed E-state index contributed by atoms with van der Waals surface area (Å²) in [5.41, 5.74) is 4.70. The van der Waals surface area contributed by atoms with Crippen molar-refractivity contribution in [2.75, 3.05) is 16.8 Å². The molecule has 8 heteroatoms. The van der Waals surface area contributed by atoms with E-state index in [1.165, 1.54) is 0 Å². The maximum atomic E-state index is 12.8. The van der Waals surface area contributed by atoms with Crippen LogP contribution in [0.1, 0.15) is 34.1 Å². The fourth-order valence-corrected chi connectivity index (χ4v) is 5.51. The number of amides is 1. The minimum atomic E-state index is -3.10. The summed E-state index contributed by atoms with van der Waals surface area (Å²) in [6.07, 6.45) is 0.483. The summed E-state index contributed by atoms with van der Waals surface area (Å²) in [4.78, 5) is 12.8. The van der Waals surface area contributed by atoms with Gasteiger partial charge in [0.15, 0.2) is 15.5 Å². The Morgan fingerprint density at radius 1 is 1.13 bits per heavy atom. The second-order valence-corrected chi connectivity index (χ2v) is 10.3. The van der Waals surface area contributed by atoms with Crippen molar-refractivity contribution in [1.82, 2.24) is 9.78 Å². The molecule has 2 aromatic carbocycles. The van der Waals surface area contributed by atoms with E-state index in [0.717, 1.165) is 22.4 Å². The van der Waals surface area contributed by atoms with E-state index in [1.807, 2.05) is 32.0 Å². The van der Waals surface area contributed by atoms with E-state index in [1.54, 1.807) is 35.0 Å². The summed E-state index contributed by atoms with van der Waals surface area (Å²) in [5, 5.41) is 7.83. The van der Waals surface area contributed by atoms with Crippen molar-refractivity contribution < 1.29 is 13.2 Å². The molecule has 1 N–H and O–H groups in total. The minimum Gasteiger partial charge on any atom is -0.321 e. The van der Waals surface area contributed by atoms with Crippen molar-refractivity contribution in [2.24, 2.45) is 0 Å². The molecule has 6 nitrogen and oxygen atoms in total. The summed E-state index contributed by atoms with van der Waals surface area (Å²) < 4.78 is 25.8. The summed E-state index contributed by atoms with van der Waals surface area (Å²) >= 11 is 6.00. The molecule has 0 radical (unpaired) electrons. The zero-order chi connectivity index (χ0) is 21.5. The number of hydrogen-bond acceptors (Lipinski definition) is 4. The predicted octanol–water partition coefficient (Wildman–Crippen LogP) is 4.43. The van der Waals surface area contributed by atoms with Crippen molar-refractivity contribution in [2.45, 2.75) is 26.3 Å². The van der Waals surface area contributed by atoms with Crippen LogP contribution in [-0.4, -0.2) is 35.6 Å². The molecule has 1 fully saturated rings. The van der Waals surface area contributed by atoms with Crippen LogP contribution in [0.25, 0.3) is 11.3 Å². The number of hydrogen-bond donors (Lipinski definition) is 1. The smallest absolute Gasteiger partial charge is 0.276 e. The Morgan fingerprint density at radius 3 is 2.60 bits per heavy atom. The highest BCUT2D eigenvalue weighted by Gasteiger charge is 2.32. The van der Waals surface area contributed by atoms with Gasteiger partial charge in [-0.25, -0.2) is 8.42 Å². The fourth-order valence-electron chi connectivity index (χ4n) is 3.63. The van der Waals surface area contributed by atoms with Crippen molar-refractivity contribution in [1.29, 1.82) is 0 Å². The molecule has 30 heavy (non-hydrogen) atoms. The van der Waals surface area contributed by atoms with Gasteiger partial charge in [-0.2, -0.15) is 5.10 Å². The normalized spacial score (nSPS) is 17.8. The molecule has 1 aromatic heterocycles. The molecule has 4 rings (SSSR count). The largest absolute Gasteiger partial charge is 0.321 e. The van der Waals surface area contributed by atoms with Gasteiger partial charge in [-0.15, -0.1) is 0 Å². The van der Waals surface area contributed by atoms with E-state index in [2.05, 4.69) is 10.4 Å². The lowest BCUT2D eigenvalue weighted by atomic mass is 10.0. The lowest BCUT2D eigenvalue weighted by Gasteiger charge is -2.14. The molecule has 1 aliphatic heterocycles. The quantitative estimate of drug-likeness (QED) is 0.646. The van der Waals surface area contributed by atoms with Gasteiger partial charge < -0.3 is 5.32 Å². The summed E-state index contributed by atoms with van der Waals surface area (Å²) in [6, 6.07) is 14.3. The first-order valence-electron chi connectivity index (χ1n) is 9.66. The number of aryl methyl sites for hydroxylation is 2. The van der Waals surface area contributed by atoms with E-state index in [-0.39, 0.29) is 29.1 Å². The van der Waals surface area contributed by atoms with E-state index in [4.69, 9.17) is 11.6 Å². The highest BCUT2D eigenvalue weighted by molar-refractivity contribution is 7.91. The lowest BCUT2D eigenvalue weighted by Crippen LogP contribution is -2.16. The highest BCUT2D eigenvalue weighted by Crippen LogP contribution is 2.31. The first-order chi connectivity index (χ1) is 14.2. The molecule has 156 valence electrons. The predicted molar refractivity (Wildman–Crippen MR) is 119 cm³/mol. The molecule has 2 heterocycles. The zero-order valence-electron chi connectivity index (χ0n) is 16.7. The Hall–Kier alpha value is -2.64. The van der Waals surface area contributed by atoms with Crippen molar-refractivity contribution in [3.8, 4) is 11.3 Å². The van der Waals surface area contributed by atoms with Gasteiger partial charge in [0.1, 0.15) is 0 Å². The number of nitrogens with one attached hydrogen (secondary N) is 1. The average Bonchev–Trinajstić information content (AvgIpc) is 3.27. The number of carbonyl (C=O) groups is 1. The average molecular weight is 444 g/mol. The van der Waals surface area contributed by atoms with Crippen LogP contribution in [0.3, 0.4) is 0 Å². The number of sulfone groups is 1. The highest BCUT2D eigenvalue weighted by atomic mass is 35.5. The van der Waals surface area contributed by atoms with Crippen LogP contribution in [-0.2, 0) is 9.84 Å². The molecule has 0 unspecified atom stereocenters. The molecule has 0 aliphatic carbocycles. The third kappa shape index (κ3) is 4.27. The van der Waals surface area contributed by atoms with Crippen LogP contribution in [0, 0.1) is 13.8 Å². The molecule has 1 atom stereocenters. The maximum Gasteiger partial charge on any atom is 0.276 e. The summed E-state index contributed by atoms with van der Waals surface area (Å²) in [7, 11) is -3.10. The number of halogens is 1. The summed E-state index contributed by atoms with van der Waals surface area (Å²) in [6.45, 7) is 4.05. The van der Waals surface area contributed by atoms with E-state index in [0.29, 0.717) is 17.1 Å². The van der Waals surface area contributed by atoms with Crippen molar-refractivity contribution in [3.63, 3.8) is 0 Å². The minimum absolute atomic E-state index is 0.0296. The van der Waals surface area contributed by atoms with Gasteiger partial charge in [0, 0.05) is 16.3 Å². The maximum absolute atomic E-state index is 12.8. The van der Waals surface area contributed by atoms with Crippen LogP contribution in [0.5, 0.6) is 0 Å². The summed E-state index contributed by atoms with van der Waals surface area (Å²) in [5.74, 6) is -0.211. The number of benzene rings is 2. The number of nitrogens with zero attached hydrogens (tertiary/aromatic N) is 2. The van der Waals surface area contributed by atoms with Gasteiger partial charge in [0.25, 0.3) is 5.91 Å². The Labute approximate surface area is 180 Å². The van der Waals surface area contributed by atoms with Crippen molar-refractivity contribution in [3.05, 3.63) is 70.4 Å². The number of aromatic nitrogens is 2. The fraction of sp³-hybridized carbons (Fsp3) is 0.273. The molecule has 0 spiro atoms. The molecular weight excluding hydrogens is 422 g/mol. The lowest BCUT2D eigenvalue weighted by molar-refractivity contribution is 0.102. The van der Waals surface area contributed by atoms with E-state index in [9.17, 15) is 13.2 Å². The van der Waals surface area contributed by atoms with Gasteiger partial charge in [0.05, 0.1) is 23.2 Å². The van der Waals surface area contributed by atoms with Crippen LogP contribution >= 0.6 is 11.6 Å². The van der Waals surface area contributed by atoms with Crippen LogP contribution in [0.4, 0.5) is 5.69 Å². The van der Waals surface area contributed by atoms with Crippen LogP contribution in [0.15, 0.2) is 48.5 Å². The second kappa shape index (κ2) is 7.89. The van der Waals surface area contributed by atoms with Gasteiger partial charge in [0.2, 0.25) is 0 Å². The molecule has 3 aromatic rings. The second-order valence-electron chi connectivity index (χ2n) is 7.68. The molecular formula is C22H22ClN3O3S. The Kier molecular flexibility index (Phi) is 5.42. The Morgan fingerprint density at radius 2 is 1.93 bits per heavy atom. The van der Waals surface area contributed by atoms with E-state index < -0.39 is 9.84 Å². The van der Waals surface area contributed by atoms with Gasteiger partial charge in [-0.1, -0.05) is 29.8 Å². The number of rotatable bonds is 4. The molecule has 1 aliphatic rings. The SMILES string of the molecule is Cc1ccc(-c2cc(C(=O)Nc3cccc(Cl)c3)nn2[C@H]2CCS(=O)(=O)C2)cc1C. The standard InChI is InChI=1S/C22H22ClN3O3S/c1-14-6-7-16(10-15(14)2)21-12-20(22(27)24-18-5-3-4-17(23)11-18)25-26(21)19-8-9-30(28,29)13-19/h3-7,10-12,19H,8-9,13H2,1-2H3,(H,24,27)/t19-/m0/s1. The third-order valence-electron chi connectivity index (χ3n) is 5.41. The monoisotopic (exact) mass is 443 g/mol. The molecule has 0 bridgehead atoms. The van der Waals surface area contributed by atoms with Gasteiger partial charge >= 0.3 is 0 Å². The molecule has 1 amide bonds. The molecule has 1 saturated heterocycles.